The van der Waals surface area contributed by atoms with Crippen molar-refractivity contribution in [1.29, 1.82) is 0 Å². The van der Waals surface area contributed by atoms with Gasteiger partial charge >= 0.3 is 5.97 Å². The number of rotatable bonds is 9. The van der Waals surface area contributed by atoms with Crippen LogP contribution in [0.5, 0.6) is 0 Å². The van der Waals surface area contributed by atoms with Crippen molar-refractivity contribution < 1.29 is 14.3 Å². The summed E-state index contributed by atoms with van der Waals surface area (Å²) in [5.74, 6) is 0.587. The van der Waals surface area contributed by atoms with Gasteiger partial charge in [0.25, 0.3) is 0 Å². The van der Waals surface area contributed by atoms with Gasteiger partial charge in [-0.1, -0.05) is 18.7 Å². The van der Waals surface area contributed by atoms with Gasteiger partial charge in [0.1, 0.15) is 5.00 Å². The van der Waals surface area contributed by atoms with Gasteiger partial charge in [0, 0.05) is 24.0 Å². The van der Waals surface area contributed by atoms with Crippen LogP contribution in [0.4, 0.5) is 10.9 Å². The van der Waals surface area contributed by atoms with Gasteiger partial charge in [-0.25, -0.2) is 4.79 Å². The van der Waals surface area contributed by atoms with Crippen molar-refractivity contribution in [3.05, 3.63) is 16.5 Å². The minimum atomic E-state index is -0.403. The van der Waals surface area contributed by atoms with Crippen LogP contribution < -0.4 is 10.2 Å². The molecule has 0 bridgehead atoms. The van der Waals surface area contributed by atoms with Crippen molar-refractivity contribution in [3.8, 4) is 0 Å². The normalized spacial score (nSPS) is 16.1. The smallest absolute Gasteiger partial charge is 0.341 e. The number of amides is 1. The summed E-state index contributed by atoms with van der Waals surface area (Å²) >= 11 is 2.82. The Bertz CT molecular complexity index is 916. The summed E-state index contributed by atoms with van der Waals surface area (Å²) in [6.45, 7) is 6.13. The fourth-order valence-electron chi connectivity index (χ4n) is 3.52. The third kappa shape index (κ3) is 4.64. The number of thioether (sulfide) groups is 1. The number of thiophene rings is 1. The first kappa shape index (κ1) is 21.2. The van der Waals surface area contributed by atoms with Crippen LogP contribution in [-0.4, -0.2) is 52.1 Å². The molecule has 1 saturated carbocycles. The van der Waals surface area contributed by atoms with Crippen LogP contribution in [0, 0.1) is 0 Å². The van der Waals surface area contributed by atoms with Crippen molar-refractivity contribution in [2.24, 2.45) is 0 Å². The van der Waals surface area contributed by atoms with E-state index in [1.54, 1.807) is 13.0 Å². The lowest BCUT2D eigenvalue weighted by Gasteiger charge is -2.17. The molecule has 30 heavy (non-hydrogen) atoms. The second kappa shape index (κ2) is 9.38. The Morgan fingerprint density at radius 2 is 2.03 bits per heavy atom. The van der Waals surface area contributed by atoms with E-state index in [0.717, 1.165) is 48.3 Å². The van der Waals surface area contributed by atoms with Crippen LogP contribution in [0.2, 0.25) is 0 Å². The van der Waals surface area contributed by atoms with Gasteiger partial charge in [-0.2, -0.15) is 0 Å². The van der Waals surface area contributed by atoms with E-state index < -0.39 is 5.97 Å². The number of hydrogen-bond acceptors (Lipinski definition) is 8. The summed E-state index contributed by atoms with van der Waals surface area (Å²) in [4.78, 5) is 28.2. The fraction of sp³-hybridized carbons (Fsp3) is 0.600. The first-order valence-corrected chi connectivity index (χ1v) is 12.3. The van der Waals surface area contributed by atoms with Gasteiger partial charge in [0.2, 0.25) is 11.9 Å². The SMILES string of the molecule is CCOC(=O)c1cc(CC)sc1NC(=O)CSc1nnc(N2CCCC2)n1C1CC1. The van der Waals surface area contributed by atoms with Crippen molar-refractivity contribution >= 4 is 45.9 Å². The Hall–Kier alpha value is -2.07. The molecule has 162 valence electrons. The summed E-state index contributed by atoms with van der Waals surface area (Å²) in [6, 6.07) is 2.25. The molecule has 2 fully saturated rings. The molecule has 1 amide bonds. The summed E-state index contributed by atoms with van der Waals surface area (Å²) in [6.07, 6.45) is 5.44. The van der Waals surface area contributed by atoms with E-state index in [0.29, 0.717) is 23.2 Å². The van der Waals surface area contributed by atoms with Crippen LogP contribution in [0.15, 0.2) is 11.2 Å². The minimum absolute atomic E-state index is 0.164. The maximum atomic E-state index is 12.6. The average Bonchev–Trinajstić information content (AvgIpc) is 3.13. The Morgan fingerprint density at radius 3 is 2.70 bits per heavy atom. The third-order valence-electron chi connectivity index (χ3n) is 5.16. The van der Waals surface area contributed by atoms with Gasteiger partial charge in [-0.3, -0.25) is 9.36 Å². The summed E-state index contributed by atoms with van der Waals surface area (Å²) in [5.41, 5.74) is 0.425. The third-order valence-corrected chi connectivity index (χ3v) is 7.30. The van der Waals surface area contributed by atoms with E-state index in [1.165, 1.54) is 35.9 Å². The monoisotopic (exact) mass is 449 g/mol. The van der Waals surface area contributed by atoms with Gasteiger partial charge in [0.05, 0.1) is 17.9 Å². The van der Waals surface area contributed by atoms with Crippen LogP contribution in [0.25, 0.3) is 0 Å². The van der Waals surface area contributed by atoms with Crippen molar-refractivity contribution in [1.82, 2.24) is 14.8 Å². The zero-order chi connectivity index (χ0) is 21.1. The molecule has 1 aliphatic heterocycles. The topological polar surface area (TPSA) is 89.3 Å². The lowest BCUT2D eigenvalue weighted by atomic mass is 10.2. The Labute approximate surface area is 184 Å². The molecule has 1 saturated heterocycles. The summed E-state index contributed by atoms with van der Waals surface area (Å²) in [5, 5.41) is 13.0. The fourth-order valence-corrected chi connectivity index (χ4v) is 5.32. The number of carbonyl (C=O) groups is 2. The highest BCUT2D eigenvalue weighted by Gasteiger charge is 2.32. The zero-order valence-corrected chi connectivity index (χ0v) is 19.0. The number of nitrogens with one attached hydrogen (secondary N) is 1. The highest BCUT2D eigenvalue weighted by Crippen LogP contribution is 2.41. The quantitative estimate of drug-likeness (QED) is 0.461. The number of nitrogens with zero attached hydrogens (tertiary/aromatic N) is 4. The second-order valence-corrected chi connectivity index (χ2v) is 9.52. The standard InChI is InChI=1S/C20H27N5O3S2/c1-3-14-11-15(18(27)28-4-2)17(30-14)21-16(26)12-29-20-23-22-19(24-9-5-6-10-24)25(20)13-7-8-13/h11,13H,3-10,12H2,1-2H3,(H,21,26). The lowest BCUT2D eigenvalue weighted by molar-refractivity contribution is -0.113. The number of aromatic nitrogens is 3. The van der Waals surface area contributed by atoms with E-state index in [-0.39, 0.29) is 11.7 Å². The molecule has 0 atom stereocenters. The molecular formula is C20H27N5O3S2. The van der Waals surface area contributed by atoms with Gasteiger partial charge in [0.15, 0.2) is 5.16 Å². The Balaban J connectivity index is 1.42. The number of hydrogen-bond donors (Lipinski definition) is 1. The van der Waals surface area contributed by atoms with E-state index in [4.69, 9.17) is 4.74 Å². The first-order valence-electron chi connectivity index (χ1n) is 10.5. The maximum absolute atomic E-state index is 12.6. The first-order chi connectivity index (χ1) is 14.6. The van der Waals surface area contributed by atoms with Gasteiger partial charge < -0.3 is 15.0 Å². The minimum Gasteiger partial charge on any atom is -0.462 e. The van der Waals surface area contributed by atoms with Crippen LogP contribution >= 0.6 is 23.1 Å². The molecule has 8 nitrogen and oxygen atoms in total. The largest absolute Gasteiger partial charge is 0.462 e. The second-order valence-electron chi connectivity index (χ2n) is 7.44. The van der Waals surface area contributed by atoms with Crippen LogP contribution in [-0.2, 0) is 16.0 Å². The zero-order valence-electron chi connectivity index (χ0n) is 17.3. The summed E-state index contributed by atoms with van der Waals surface area (Å²) in [7, 11) is 0. The number of aryl methyl sites for hydroxylation is 1. The van der Waals surface area contributed by atoms with Crippen LogP contribution in [0.1, 0.15) is 60.8 Å². The van der Waals surface area contributed by atoms with E-state index >= 15 is 0 Å². The molecule has 2 aliphatic rings. The van der Waals surface area contributed by atoms with E-state index in [9.17, 15) is 9.59 Å². The lowest BCUT2D eigenvalue weighted by Crippen LogP contribution is -2.22. The molecule has 4 rings (SSSR count). The van der Waals surface area contributed by atoms with E-state index in [2.05, 4.69) is 25.0 Å². The van der Waals surface area contributed by atoms with Crippen LogP contribution in [0.3, 0.4) is 0 Å². The van der Waals surface area contributed by atoms with Gasteiger partial charge in [-0.15, -0.1) is 21.5 Å². The molecule has 0 unspecified atom stereocenters. The number of ether oxygens (including phenoxy) is 1. The van der Waals surface area contributed by atoms with Gasteiger partial charge in [-0.05, 0) is 45.1 Å². The van der Waals surface area contributed by atoms with Crippen molar-refractivity contribution in [2.45, 2.75) is 57.1 Å². The highest BCUT2D eigenvalue weighted by molar-refractivity contribution is 7.99. The van der Waals surface area contributed by atoms with E-state index in [1.807, 2.05) is 6.92 Å². The Morgan fingerprint density at radius 1 is 1.27 bits per heavy atom. The van der Waals surface area contributed by atoms with Crippen molar-refractivity contribution in [2.75, 3.05) is 35.7 Å². The number of anilines is 2. The molecule has 3 heterocycles. The molecule has 2 aromatic heterocycles. The summed E-state index contributed by atoms with van der Waals surface area (Å²) < 4.78 is 7.32. The Kier molecular flexibility index (Phi) is 6.62. The molecule has 1 N–H and O–H groups in total. The molecule has 0 spiro atoms. The molecule has 10 heteroatoms. The van der Waals surface area contributed by atoms with Crippen molar-refractivity contribution in [3.63, 3.8) is 0 Å². The molecule has 1 aliphatic carbocycles. The molecular weight excluding hydrogens is 422 g/mol. The highest BCUT2D eigenvalue weighted by atomic mass is 32.2. The maximum Gasteiger partial charge on any atom is 0.341 e. The predicted molar refractivity (Wildman–Crippen MR) is 119 cm³/mol. The average molecular weight is 450 g/mol. The number of carbonyl (C=O) groups excluding carboxylic acids is 2. The molecule has 2 aromatic rings. The molecule has 0 radical (unpaired) electrons. The predicted octanol–water partition coefficient (Wildman–Crippen LogP) is 3.74. The molecule has 0 aromatic carbocycles. The number of esters is 1.